The predicted molar refractivity (Wildman–Crippen MR) is 86.1 cm³/mol. The fraction of sp³-hybridized carbons (Fsp3) is 1.00. The number of nitrogens with zero attached hydrogens (tertiary/aromatic N) is 2. The molecule has 0 bridgehead atoms. The Bertz CT molecular complexity index is 260. The van der Waals surface area contributed by atoms with Crippen molar-refractivity contribution in [3.05, 3.63) is 0 Å². The average molecular weight is 286 g/mol. The smallest absolute Gasteiger partial charge is 0.0330 e. The molecule has 0 aromatic rings. The van der Waals surface area contributed by atoms with E-state index in [1.165, 1.54) is 64.0 Å². The molecule has 0 radical (unpaired) electrons. The zero-order valence-corrected chi connectivity index (χ0v) is 13.8. The molecule has 1 aliphatic carbocycles. The van der Waals surface area contributed by atoms with E-state index in [9.17, 15) is 0 Å². The fourth-order valence-electron chi connectivity index (χ4n) is 3.25. The number of piperidine rings is 1. The van der Waals surface area contributed by atoms with Gasteiger partial charge in [0.05, 0.1) is 0 Å². The molecule has 1 aliphatic heterocycles. The van der Waals surface area contributed by atoms with Crippen LogP contribution < -0.4 is 5.32 Å². The van der Waals surface area contributed by atoms with Crippen molar-refractivity contribution in [3.8, 4) is 0 Å². The van der Waals surface area contributed by atoms with Crippen molar-refractivity contribution in [2.45, 2.75) is 42.9 Å². The summed E-state index contributed by atoms with van der Waals surface area (Å²) >= 11 is 2.19. The van der Waals surface area contributed by atoms with E-state index >= 15 is 0 Å². The largest absolute Gasteiger partial charge is 0.317 e. The van der Waals surface area contributed by atoms with Gasteiger partial charge in [0.25, 0.3) is 0 Å². The fourth-order valence-corrected chi connectivity index (χ4v) is 4.57. The Kier molecular flexibility index (Phi) is 6.00. The van der Waals surface area contributed by atoms with Gasteiger partial charge in [0.1, 0.15) is 0 Å². The van der Waals surface area contributed by atoms with E-state index in [1.54, 1.807) is 0 Å². The lowest BCUT2D eigenvalue weighted by Gasteiger charge is -2.49. The van der Waals surface area contributed by atoms with Crippen molar-refractivity contribution in [2.24, 2.45) is 0 Å². The van der Waals surface area contributed by atoms with Crippen LogP contribution in [0.4, 0.5) is 0 Å². The summed E-state index contributed by atoms with van der Waals surface area (Å²) in [6.45, 7) is 4.92. The normalized spacial score (nSPS) is 23.8. The van der Waals surface area contributed by atoms with Crippen LogP contribution in [0.5, 0.6) is 0 Å². The van der Waals surface area contributed by atoms with Crippen LogP contribution in [0.3, 0.4) is 0 Å². The summed E-state index contributed by atoms with van der Waals surface area (Å²) < 4.78 is 0. The summed E-state index contributed by atoms with van der Waals surface area (Å²) in [5, 5.41) is 4.35. The molecule has 0 atom stereocenters. The van der Waals surface area contributed by atoms with Gasteiger partial charge < -0.3 is 15.1 Å². The van der Waals surface area contributed by atoms with E-state index in [-0.39, 0.29) is 0 Å². The first-order valence-electron chi connectivity index (χ1n) is 7.81. The SMILES string of the molecule is CN(CCSC1CCNCC1)CC1(N(C)C)CCC1. The highest BCUT2D eigenvalue weighted by Gasteiger charge is 2.39. The number of rotatable bonds is 7. The molecule has 0 unspecified atom stereocenters. The minimum atomic E-state index is 0.480. The van der Waals surface area contributed by atoms with Crippen molar-refractivity contribution in [3.63, 3.8) is 0 Å². The zero-order valence-electron chi connectivity index (χ0n) is 13.0. The monoisotopic (exact) mass is 285 g/mol. The van der Waals surface area contributed by atoms with Gasteiger partial charge in [-0.05, 0) is 66.3 Å². The van der Waals surface area contributed by atoms with Gasteiger partial charge in [0.2, 0.25) is 0 Å². The van der Waals surface area contributed by atoms with E-state index in [0.29, 0.717) is 5.54 Å². The highest BCUT2D eigenvalue weighted by atomic mass is 32.2. The summed E-state index contributed by atoms with van der Waals surface area (Å²) in [6, 6.07) is 0. The second-order valence-electron chi connectivity index (χ2n) is 6.53. The molecule has 2 aliphatic rings. The zero-order chi connectivity index (χ0) is 13.7. The Morgan fingerprint density at radius 3 is 2.37 bits per heavy atom. The molecule has 2 fully saturated rings. The van der Waals surface area contributed by atoms with Crippen molar-refractivity contribution in [1.82, 2.24) is 15.1 Å². The molecular formula is C15H31N3S. The predicted octanol–water partition coefficient (Wildman–Crippen LogP) is 1.89. The molecule has 0 aromatic carbocycles. The van der Waals surface area contributed by atoms with Gasteiger partial charge in [-0.1, -0.05) is 0 Å². The maximum absolute atomic E-state index is 3.44. The standard InChI is InChI=1S/C15H31N3S/c1-17(2)15(7-4-8-15)13-18(3)11-12-19-14-5-9-16-10-6-14/h14,16H,4-13H2,1-3H3. The lowest BCUT2D eigenvalue weighted by Crippen LogP contribution is -2.56. The lowest BCUT2D eigenvalue weighted by molar-refractivity contribution is 0.0295. The summed E-state index contributed by atoms with van der Waals surface area (Å²) in [7, 11) is 6.79. The van der Waals surface area contributed by atoms with E-state index in [2.05, 4.69) is 48.0 Å². The quantitative estimate of drug-likeness (QED) is 0.769. The summed E-state index contributed by atoms with van der Waals surface area (Å²) in [6.07, 6.45) is 6.89. The number of nitrogens with one attached hydrogen (secondary N) is 1. The minimum absolute atomic E-state index is 0.480. The van der Waals surface area contributed by atoms with Crippen LogP contribution in [0.25, 0.3) is 0 Å². The third-order valence-electron chi connectivity index (χ3n) is 4.91. The van der Waals surface area contributed by atoms with Gasteiger partial charge >= 0.3 is 0 Å². The van der Waals surface area contributed by atoms with Crippen LogP contribution in [0.1, 0.15) is 32.1 Å². The van der Waals surface area contributed by atoms with Gasteiger partial charge in [-0.25, -0.2) is 0 Å². The number of likely N-dealkylation sites (N-methyl/N-ethyl adjacent to an activating group) is 2. The van der Waals surface area contributed by atoms with Crippen LogP contribution in [0.2, 0.25) is 0 Å². The molecule has 19 heavy (non-hydrogen) atoms. The van der Waals surface area contributed by atoms with Gasteiger partial charge in [0.15, 0.2) is 0 Å². The molecule has 3 nitrogen and oxygen atoms in total. The van der Waals surface area contributed by atoms with Gasteiger partial charge in [-0.15, -0.1) is 0 Å². The maximum Gasteiger partial charge on any atom is 0.0330 e. The second-order valence-corrected chi connectivity index (χ2v) is 7.94. The molecule has 4 heteroatoms. The average Bonchev–Trinajstić information content (AvgIpc) is 2.34. The second kappa shape index (κ2) is 7.30. The number of hydrogen-bond donors (Lipinski definition) is 1. The van der Waals surface area contributed by atoms with E-state index in [1.807, 2.05) is 0 Å². The Hall–Kier alpha value is 0.230. The topological polar surface area (TPSA) is 18.5 Å². The Morgan fingerprint density at radius 1 is 1.16 bits per heavy atom. The number of hydrogen-bond acceptors (Lipinski definition) is 4. The molecule has 1 heterocycles. The van der Waals surface area contributed by atoms with Gasteiger partial charge in [-0.3, -0.25) is 0 Å². The molecule has 1 saturated heterocycles. The molecule has 0 amide bonds. The number of thioether (sulfide) groups is 1. The van der Waals surface area contributed by atoms with E-state index < -0.39 is 0 Å². The summed E-state index contributed by atoms with van der Waals surface area (Å²) in [5.41, 5.74) is 0.480. The molecule has 2 rings (SSSR count). The first-order valence-corrected chi connectivity index (χ1v) is 8.86. The first-order chi connectivity index (χ1) is 9.12. The highest BCUT2D eigenvalue weighted by Crippen LogP contribution is 2.36. The molecule has 112 valence electrons. The Labute approximate surface area is 123 Å². The third kappa shape index (κ3) is 4.35. The van der Waals surface area contributed by atoms with Gasteiger partial charge in [-0.2, -0.15) is 11.8 Å². The van der Waals surface area contributed by atoms with Crippen molar-refractivity contribution in [2.75, 3.05) is 53.1 Å². The van der Waals surface area contributed by atoms with E-state index in [0.717, 1.165) is 5.25 Å². The van der Waals surface area contributed by atoms with E-state index in [4.69, 9.17) is 0 Å². The molecule has 0 aromatic heterocycles. The summed E-state index contributed by atoms with van der Waals surface area (Å²) in [5.74, 6) is 1.30. The van der Waals surface area contributed by atoms with Crippen LogP contribution in [0.15, 0.2) is 0 Å². The van der Waals surface area contributed by atoms with Crippen LogP contribution in [0, 0.1) is 0 Å². The minimum Gasteiger partial charge on any atom is -0.317 e. The Balaban J connectivity index is 1.62. The van der Waals surface area contributed by atoms with Gasteiger partial charge in [0, 0.05) is 29.6 Å². The molecule has 1 N–H and O–H groups in total. The first kappa shape index (κ1) is 15.6. The van der Waals surface area contributed by atoms with Crippen LogP contribution >= 0.6 is 11.8 Å². The third-order valence-corrected chi connectivity index (χ3v) is 6.27. The molecular weight excluding hydrogens is 254 g/mol. The Morgan fingerprint density at radius 2 is 1.84 bits per heavy atom. The van der Waals surface area contributed by atoms with Crippen molar-refractivity contribution >= 4 is 11.8 Å². The van der Waals surface area contributed by atoms with Crippen molar-refractivity contribution in [1.29, 1.82) is 0 Å². The lowest BCUT2D eigenvalue weighted by atomic mass is 9.75. The maximum atomic E-state index is 3.44. The van der Waals surface area contributed by atoms with Crippen molar-refractivity contribution < 1.29 is 0 Å². The highest BCUT2D eigenvalue weighted by molar-refractivity contribution is 7.99. The van der Waals surface area contributed by atoms with Crippen LogP contribution in [-0.2, 0) is 0 Å². The molecule has 0 spiro atoms. The van der Waals surface area contributed by atoms with Crippen LogP contribution in [-0.4, -0.2) is 73.7 Å². The molecule has 1 saturated carbocycles. The summed E-state index contributed by atoms with van der Waals surface area (Å²) in [4.78, 5) is 5.00.